The summed E-state index contributed by atoms with van der Waals surface area (Å²) in [4.78, 5) is 0.389. The molecule has 1 aromatic heterocycles. The lowest BCUT2D eigenvalue weighted by molar-refractivity contribution is 0.720. The monoisotopic (exact) mass is 324 g/mol. The predicted molar refractivity (Wildman–Crippen MR) is 80.6 cm³/mol. The van der Waals surface area contributed by atoms with Crippen molar-refractivity contribution >= 4 is 38.8 Å². The summed E-state index contributed by atoms with van der Waals surface area (Å²) < 4.78 is 2.73. The summed E-state index contributed by atoms with van der Waals surface area (Å²) >= 11 is 8.41. The lowest BCUT2D eigenvalue weighted by Crippen LogP contribution is -2.10. The Bertz CT molecular complexity index is 579. The second-order valence-electron chi connectivity index (χ2n) is 3.86. The van der Waals surface area contributed by atoms with E-state index in [0.29, 0.717) is 4.99 Å². The van der Waals surface area contributed by atoms with Crippen LogP contribution < -0.4 is 11.1 Å². The average Bonchev–Trinajstić information content (AvgIpc) is 2.72. The third kappa shape index (κ3) is 2.88. The molecule has 2 rings (SSSR count). The number of hydrogen-bond donors (Lipinski definition) is 2. The lowest BCUT2D eigenvalue weighted by atomic mass is 10.2. The third-order valence-corrected chi connectivity index (χ3v) is 3.51. The Morgan fingerprint density at radius 3 is 2.83 bits per heavy atom. The highest BCUT2D eigenvalue weighted by molar-refractivity contribution is 9.10. The van der Waals surface area contributed by atoms with Gasteiger partial charge in [-0.3, -0.25) is 4.68 Å². The number of nitrogens with one attached hydrogen (secondary N) is 1. The maximum Gasteiger partial charge on any atom is 0.105 e. The predicted octanol–water partition coefficient (Wildman–Crippen LogP) is 2.43. The fourth-order valence-corrected chi connectivity index (χ4v) is 2.49. The molecule has 0 unspecified atom stereocenters. The minimum absolute atomic E-state index is 0.389. The second kappa shape index (κ2) is 5.49. The van der Waals surface area contributed by atoms with Crippen molar-refractivity contribution in [3.05, 3.63) is 46.2 Å². The van der Waals surface area contributed by atoms with Crippen molar-refractivity contribution in [2.75, 3.05) is 5.32 Å². The Balaban J connectivity index is 2.09. The molecule has 1 heterocycles. The molecule has 0 atom stereocenters. The molecule has 0 saturated carbocycles. The van der Waals surface area contributed by atoms with Crippen LogP contribution in [-0.4, -0.2) is 14.8 Å². The van der Waals surface area contributed by atoms with Gasteiger partial charge in [-0.05, 0) is 40.2 Å². The summed E-state index contributed by atoms with van der Waals surface area (Å²) in [6.45, 7) is 0.718. The van der Waals surface area contributed by atoms with Crippen LogP contribution in [0.1, 0.15) is 11.3 Å². The normalized spacial score (nSPS) is 10.3. The van der Waals surface area contributed by atoms with Crippen molar-refractivity contribution in [1.82, 2.24) is 9.78 Å². The molecule has 1 aromatic carbocycles. The van der Waals surface area contributed by atoms with Gasteiger partial charge in [-0.25, -0.2) is 0 Å². The Kier molecular flexibility index (Phi) is 3.98. The van der Waals surface area contributed by atoms with Crippen LogP contribution in [0.5, 0.6) is 0 Å². The third-order valence-electron chi connectivity index (χ3n) is 2.63. The first-order chi connectivity index (χ1) is 8.58. The van der Waals surface area contributed by atoms with Crippen LogP contribution >= 0.6 is 28.1 Å². The Morgan fingerprint density at radius 1 is 1.50 bits per heavy atom. The second-order valence-corrected chi connectivity index (χ2v) is 5.15. The number of rotatable bonds is 4. The van der Waals surface area contributed by atoms with Crippen LogP contribution in [0.25, 0.3) is 0 Å². The summed E-state index contributed by atoms with van der Waals surface area (Å²) in [5, 5.41) is 7.44. The van der Waals surface area contributed by atoms with Crippen LogP contribution in [0.4, 0.5) is 5.69 Å². The number of anilines is 1. The van der Waals surface area contributed by atoms with Crippen LogP contribution in [-0.2, 0) is 13.6 Å². The molecule has 94 valence electrons. The number of nitrogens with two attached hydrogens (primary N) is 1. The van der Waals surface area contributed by atoms with Gasteiger partial charge in [0, 0.05) is 29.0 Å². The summed E-state index contributed by atoms with van der Waals surface area (Å²) in [7, 11) is 1.92. The summed E-state index contributed by atoms with van der Waals surface area (Å²) in [6, 6.07) is 7.80. The standard InChI is InChI=1S/C12H13BrN4S/c1-17-9(4-5-16-17)7-15-8-2-3-10(12(14)18)11(13)6-8/h2-6,15H,7H2,1H3,(H2,14,18). The first kappa shape index (κ1) is 13.0. The van der Waals surface area contributed by atoms with Gasteiger partial charge < -0.3 is 11.1 Å². The fraction of sp³-hybridized carbons (Fsp3) is 0.167. The van der Waals surface area contributed by atoms with Crippen LogP contribution in [0, 0.1) is 0 Å². The van der Waals surface area contributed by atoms with E-state index in [1.165, 1.54) is 0 Å². The summed E-state index contributed by atoms with van der Waals surface area (Å²) in [5.74, 6) is 0. The molecule has 0 aliphatic rings. The molecule has 0 amide bonds. The van der Waals surface area contributed by atoms with E-state index in [0.717, 1.165) is 28.0 Å². The smallest absolute Gasteiger partial charge is 0.105 e. The molecule has 0 fully saturated rings. The number of aryl methyl sites for hydroxylation is 1. The first-order valence-corrected chi connectivity index (χ1v) is 6.58. The van der Waals surface area contributed by atoms with E-state index in [4.69, 9.17) is 18.0 Å². The molecule has 0 radical (unpaired) electrons. The maximum absolute atomic E-state index is 5.61. The van der Waals surface area contributed by atoms with Gasteiger partial charge in [0.05, 0.1) is 12.2 Å². The molecule has 18 heavy (non-hydrogen) atoms. The minimum Gasteiger partial charge on any atom is -0.389 e. The molecule has 4 nitrogen and oxygen atoms in total. The molecular formula is C12H13BrN4S. The highest BCUT2D eigenvalue weighted by atomic mass is 79.9. The zero-order valence-corrected chi connectivity index (χ0v) is 12.3. The summed E-state index contributed by atoms with van der Waals surface area (Å²) in [5.41, 5.74) is 8.57. The summed E-state index contributed by atoms with van der Waals surface area (Å²) in [6.07, 6.45) is 1.78. The van der Waals surface area contributed by atoms with Crippen LogP contribution in [0.3, 0.4) is 0 Å². The van der Waals surface area contributed by atoms with Crippen LogP contribution in [0.2, 0.25) is 0 Å². The number of thiocarbonyl (C=S) groups is 1. The van der Waals surface area contributed by atoms with Crippen LogP contribution in [0.15, 0.2) is 34.9 Å². The molecule has 6 heteroatoms. The number of halogens is 1. The minimum atomic E-state index is 0.389. The highest BCUT2D eigenvalue weighted by Crippen LogP contribution is 2.21. The zero-order valence-electron chi connectivity index (χ0n) is 9.85. The quantitative estimate of drug-likeness (QED) is 0.848. The van der Waals surface area contributed by atoms with Gasteiger partial charge in [0.2, 0.25) is 0 Å². The largest absolute Gasteiger partial charge is 0.389 e. The van der Waals surface area contributed by atoms with E-state index in [1.54, 1.807) is 6.20 Å². The van der Waals surface area contributed by atoms with Gasteiger partial charge in [0.25, 0.3) is 0 Å². The molecule has 0 aliphatic carbocycles. The Labute approximate surface area is 119 Å². The molecular weight excluding hydrogens is 312 g/mol. The molecule has 0 spiro atoms. The van der Waals surface area contributed by atoms with Crippen molar-refractivity contribution in [1.29, 1.82) is 0 Å². The van der Waals surface area contributed by atoms with E-state index in [2.05, 4.69) is 26.3 Å². The fourth-order valence-electron chi connectivity index (χ4n) is 1.59. The van der Waals surface area contributed by atoms with Crippen molar-refractivity contribution in [3.63, 3.8) is 0 Å². The van der Waals surface area contributed by atoms with Crippen molar-refractivity contribution in [2.24, 2.45) is 12.8 Å². The SMILES string of the molecule is Cn1nccc1CNc1ccc(C(N)=S)c(Br)c1. The van der Waals surface area contributed by atoms with E-state index in [-0.39, 0.29) is 0 Å². The molecule has 3 N–H and O–H groups in total. The zero-order chi connectivity index (χ0) is 13.1. The molecule has 0 bridgehead atoms. The lowest BCUT2D eigenvalue weighted by Gasteiger charge is -2.09. The Hall–Kier alpha value is -1.40. The van der Waals surface area contributed by atoms with Gasteiger partial charge in [0.1, 0.15) is 4.99 Å². The van der Waals surface area contributed by atoms with Crippen molar-refractivity contribution in [3.8, 4) is 0 Å². The van der Waals surface area contributed by atoms with Gasteiger partial charge in [0.15, 0.2) is 0 Å². The van der Waals surface area contributed by atoms with Crippen molar-refractivity contribution < 1.29 is 0 Å². The average molecular weight is 325 g/mol. The van der Waals surface area contributed by atoms with Gasteiger partial charge in [-0.2, -0.15) is 5.10 Å². The molecule has 0 saturated heterocycles. The highest BCUT2D eigenvalue weighted by Gasteiger charge is 2.04. The molecule has 2 aromatic rings. The Morgan fingerprint density at radius 2 is 2.28 bits per heavy atom. The van der Waals surface area contributed by atoms with E-state index < -0.39 is 0 Å². The van der Waals surface area contributed by atoms with Gasteiger partial charge >= 0.3 is 0 Å². The number of benzene rings is 1. The number of aromatic nitrogens is 2. The van der Waals surface area contributed by atoms with Gasteiger partial charge in [-0.15, -0.1) is 0 Å². The van der Waals surface area contributed by atoms with Gasteiger partial charge in [-0.1, -0.05) is 12.2 Å². The van der Waals surface area contributed by atoms with E-state index in [9.17, 15) is 0 Å². The number of hydrogen-bond acceptors (Lipinski definition) is 3. The topological polar surface area (TPSA) is 55.9 Å². The molecule has 0 aliphatic heterocycles. The maximum atomic E-state index is 5.61. The van der Waals surface area contributed by atoms with E-state index >= 15 is 0 Å². The number of nitrogens with zero attached hydrogens (tertiary/aromatic N) is 2. The van der Waals surface area contributed by atoms with E-state index in [1.807, 2.05) is 36.0 Å². The van der Waals surface area contributed by atoms with Crippen molar-refractivity contribution in [2.45, 2.75) is 6.54 Å². The first-order valence-electron chi connectivity index (χ1n) is 5.38.